The molecule has 1 aromatic carbocycles. The van der Waals surface area contributed by atoms with Crippen LogP contribution in [0.5, 0.6) is 11.5 Å². The van der Waals surface area contributed by atoms with Gasteiger partial charge in [-0.3, -0.25) is 4.79 Å². The summed E-state index contributed by atoms with van der Waals surface area (Å²) in [5, 5.41) is 0. The third kappa shape index (κ3) is 2.38. The van der Waals surface area contributed by atoms with Crippen LogP contribution < -0.4 is 9.47 Å². The molecule has 5 heteroatoms. The number of ether oxygens (including phenoxy) is 4. The molecule has 2 heterocycles. The molecule has 25 heavy (non-hydrogen) atoms. The maximum absolute atomic E-state index is 12.6. The van der Waals surface area contributed by atoms with Gasteiger partial charge in [-0.05, 0) is 23.8 Å². The van der Waals surface area contributed by atoms with Crippen molar-refractivity contribution in [2.75, 3.05) is 13.9 Å². The highest BCUT2D eigenvalue weighted by Gasteiger charge is 2.45. The third-order valence-corrected chi connectivity index (χ3v) is 5.09. The van der Waals surface area contributed by atoms with Crippen molar-refractivity contribution in [2.24, 2.45) is 5.92 Å². The first-order chi connectivity index (χ1) is 12.1. The van der Waals surface area contributed by atoms with Crippen molar-refractivity contribution in [3.05, 3.63) is 59.9 Å². The van der Waals surface area contributed by atoms with E-state index in [2.05, 4.69) is 13.5 Å². The Labute approximate surface area is 146 Å². The molecule has 1 aliphatic carbocycles. The third-order valence-electron chi connectivity index (χ3n) is 5.09. The van der Waals surface area contributed by atoms with E-state index in [9.17, 15) is 4.79 Å². The van der Waals surface area contributed by atoms with Crippen molar-refractivity contribution in [3.63, 3.8) is 0 Å². The van der Waals surface area contributed by atoms with Crippen molar-refractivity contribution in [1.29, 1.82) is 0 Å². The molecule has 0 radical (unpaired) electrons. The fourth-order valence-electron chi connectivity index (χ4n) is 3.64. The lowest BCUT2D eigenvalue weighted by atomic mass is 9.82. The van der Waals surface area contributed by atoms with E-state index < -0.39 is 5.60 Å². The molecule has 1 unspecified atom stereocenters. The van der Waals surface area contributed by atoms with Gasteiger partial charge in [-0.1, -0.05) is 19.1 Å². The topological polar surface area (TPSA) is 54.0 Å². The molecule has 5 nitrogen and oxygen atoms in total. The summed E-state index contributed by atoms with van der Waals surface area (Å²) < 4.78 is 22.5. The fraction of sp³-hybridized carbons (Fsp3) is 0.350. The van der Waals surface area contributed by atoms with Crippen molar-refractivity contribution >= 4 is 5.78 Å². The van der Waals surface area contributed by atoms with Crippen LogP contribution in [0.4, 0.5) is 0 Å². The molecule has 0 spiro atoms. The van der Waals surface area contributed by atoms with Crippen LogP contribution in [0.3, 0.4) is 0 Å². The zero-order valence-corrected chi connectivity index (χ0v) is 14.3. The second-order valence-electron chi connectivity index (χ2n) is 6.50. The quantitative estimate of drug-likeness (QED) is 0.786. The number of carbonyl (C=O) groups excluding carboxylic acids is 1. The van der Waals surface area contributed by atoms with Gasteiger partial charge in [0.15, 0.2) is 22.9 Å². The second kappa shape index (κ2) is 5.77. The molecule has 0 saturated carbocycles. The van der Waals surface area contributed by atoms with Crippen LogP contribution in [0.1, 0.15) is 25.0 Å². The van der Waals surface area contributed by atoms with E-state index in [4.69, 9.17) is 18.9 Å². The standard InChI is InChI=1S/C20H20O5/c1-4-7-20(22-3)10-14-12(2)19(25-16(14)9-18(20)21)13-5-6-15-17(8-13)24-11-23-15/h4-6,8-10,12,19H,1,7,11H2,2-3H3/t12-,19-,20?/m1/s1. The van der Waals surface area contributed by atoms with Crippen LogP contribution in [-0.4, -0.2) is 25.3 Å². The summed E-state index contributed by atoms with van der Waals surface area (Å²) in [4.78, 5) is 12.6. The minimum atomic E-state index is -0.984. The first kappa shape index (κ1) is 16.0. The van der Waals surface area contributed by atoms with Gasteiger partial charge in [-0.25, -0.2) is 0 Å². The van der Waals surface area contributed by atoms with Gasteiger partial charge in [0.05, 0.1) is 0 Å². The maximum Gasteiger partial charge on any atom is 0.231 e. The number of hydrogen-bond acceptors (Lipinski definition) is 5. The Balaban J connectivity index is 1.70. The predicted molar refractivity (Wildman–Crippen MR) is 91.3 cm³/mol. The molecule has 1 saturated heterocycles. The minimum absolute atomic E-state index is 0.0825. The Kier molecular flexibility index (Phi) is 3.69. The van der Waals surface area contributed by atoms with Gasteiger partial charge < -0.3 is 18.9 Å². The predicted octanol–water partition coefficient (Wildman–Crippen LogP) is 3.48. The van der Waals surface area contributed by atoms with Crippen molar-refractivity contribution < 1.29 is 23.7 Å². The van der Waals surface area contributed by atoms with E-state index in [1.54, 1.807) is 19.3 Å². The van der Waals surface area contributed by atoms with Gasteiger partial charge in [0.25, 0.3) is 0 Å². The lowest BCUT2D eigenvalue weighted by Gasteiger charge is -2.29. The Morgan fingerprint density at radius 2 is 2.16 bits per heavy atom. The Hall–Kier alpha value is -2.53. The number of ketones is 1. The van der Waals surface area contributed by atoms with Crippen LogP contribution in [0.2, 0.25) is 0 Å². The molecule has 0 amide bonds. The summed E-state index contributed by atoms with van der Waals surface area (Å²) in [6.07, 6.45) is 5.39. The van der Waals surface area contributed by atoms with E-state index in [0.717, 1.165) is 22.6 Å². The average molecular weight is 340 g/mol. The van der Waals surface area contributed by atoms with Crippen molar-refractivity contribution in [1.82, 2.24) is 0 Å². The molecule has 2 aliphatic heterocycles. The molecule has 4 rings (SSSR count). The normalized spacial score (nSPS) is 29.6. The highest BCUT2D eigenvalue weighted by Crippen LogP contribution is 2.48. The molecule has 0 N–H and O–H groups in total. The number of fused-ring (bicyclic) bond motifs is 2. The fourth-order valence-corrected chi connectivity index (χ4v) is 3.64. The van der Waals surface area contributed by atoms with Gasteiger partial charge in [0.1, 0.15) is 11.9 Å². The summed E-state index contributed by atoms with van der Waals surface area (Å²) in [7, 11) is 1.55. The Bertz CT molecular complexity index is 806. The molecule has 130 valence electrons. The molecule has 1 aromatic rings. The summed E-state index contributed by atoms with van der Waals surface area (Å²) in [6, 6.07) is 5.81. The summed E-state index contributed by atoms with van der Waals surface area (Å²) >= 11 is 0. The number of allylic oxidation sites excluding steroid dienone is 1. The number of hydrogen-bond donors (Lipinski definition) is 0. The molecule has 0 bridgehead atoms. The zero-order chi connectivity index (χ0) is 17.6. The smallest absolute Gasteiger partial charge is 0.231 e. The van der Waals surface area contributed by atoms with Crippen LogP contribution in [-0.2, 0) is 14.3 Å². The van der Waals surface area contributed by atoms with E-state index in [-0.39, 0.29) is 24.6 Å². The minimum Gasteiger partial charge on any atom is -0.485 e. The molecule has 0 aromatic heterocycles. The van der Waals surface area contributed by atoms with Gasteiger partial charge in [-0.2, -0.15) is 0 Å². The average Bonchev–Trinajstić information content (AvgIpc) is 3.20. The Morgan fingerprint density at radius 1 is 1.36 bits per heavy atom. The maximum atomic E-state index is 12.6. The molecular formula is C20H20O5. The van der Waals surface area contributed by atoms with Gasteiger partial charge in [-0.15, -0.1) is 6.58 Å². The highest BCUT2D eigenvalue weighted by molar-refractivity contribution is 6.01. The number of rotatable bonds is 4. The molecule has 3 aliphatic rings. The van der Waals surface area contributed by atoms with Gasteiger partial charge in [0, 0.05) is 31.1 Å². The lowest BCUT2D eigenvalue weighted by Crippen LogP contribution is -2.39. The van der Waals surface area contributed by atoms with Crippen LogP contribution in [0, 0.1) is 5.92 Å². The Morgan fingerprint density at radius 3 is 2.92 bits per heavy atom. The first-order valence-electron chi connectivity index (χ1n) is 8.29. The number of carbonyl (C=O) groups is 1. The highest BCUT2D eigenvalue weighted by atomic mass is 16.7. The largest absolute Gasteiger partial charge is 0.485 e. The van der Waals surface area contributed by atoms with Crippen LogP contribution in [0.15, 0.2) is 54.3 Å². The molecule has 1 fully saturated rings. The molecule has 3 atom stereocenters. The number of methoxy groups -OCH3 is 1. The van der Waals surface area contributed by atoms with E-state index in [1.807, 2.05) is 24.3 Å². The van der Waals surface area contributed by atoms with Gasteiger partial charge >= 0.3 is 0 Å². The van der Waals surface area contributed by atoms with E-state index >= 15 is 0 Å². The van der Waals surface area contributed by atoms with E-state index in [1.165, 1.54) is 0 Å². The van der Waals surface area contributed by atoms with Crippen molar-refractivity contribution in [2.45, 2.75) is 25.0 Å². The van der Waals surface area contributed by atoms with E-state index in [0.29, 0.717) is 12.2 Å². The zero-order valence-electron chi connectivity index (χ0n) is 14.3. The van der Waals surface area contributed by atoms with Gasteiger partial charge in [0.2, 0.25) is 6.79 Å². The van der Waals surface area contributed by atoms with Crippen LogP contribution in [0.25, 0.3) is 0 Å². The second-order valence-corrected chi connectivity index (χ2v) is 6.50. The lowest BCUT2D eigenvalue weighted by molar-refractivity contribution is -0.130. The molecular weight excluding hydrogens is 320 g/mol. The SMILES string of the molecule is C=CCC1(OC)C=C2C(=CC1=O)O[C@@H](c1ccc3c(c1)OCO3)[C@@H]2C. The summed E-state index contributed by atoms with van der Waals surface area (Å²) in [5.41, 5.74) is 1.00. The first-order valence-corrected chi connectivity index (χ1v) is 8.29. The van der Waals surface area contributed by atoms with Crippen molar-refractivity contribution in [3.8, 4) is 11.5 Å². The number of benzene rings is 1. The summed E-state index contributed by atoms with van der Waals surface area (Å²) in [5.74, 6) is 2.05. The summed E-state index contributed by atoms with van der Waals surface area (Å²) in [6.45, 7) is 6.07. The monoisotopic (exact) mass is 340 g/mol. The van der Waals surface area contributed by atoms with Crippen LogP contribution >= 0.6 is 0 Å².